The highest BCUT2D eigenvalue weighted by atomic mass is 16.1. The summed E-state index contributed by atoms with van der Waals surface area (Å²) < 4.78 is 0. The molecule has 76 valence electrons. The highest BCUT2D eigenvalue weighted by molar-refractivity contribution is 5.95. The van der Waals surface area contributed by atoms with E-state index in [2.05, 4.69) is 5.32 Å². The molecule has 1 aliphatic heterocycles. The van der Waals surface area contributed by atoms with Crippen LogP contribution in [0.3, 0.4) is 0 Å². The molecular formula is C13H13NO. The Morgan fingerprint density at radius 2 is 2.00 bits per heavy atom. The Morgan fingerprint density at radius 3 is 2.67 bits per heavy atom. The van der Waals surface area contributed by atoms with Crippen molar-refractivity contribution in [2.45, 2.75) is 6.42 Å². The highest BCUT2D eigenvalue weighted by Crippen LogP contribution is 2.08. The Morgan fingerprint density at radius 1 is 1.20 bits per heavy atom. The molecule has 1 amide bonds. The predicted molar refractivity (Wildman–Crippen MR) is 61.2 cm³/mol. The molecule has 0 bridgehead atoms. The molecule has 0 unspecified atom stereocenters. The van der Waals surface area contributed by atoms with Gasteiger partial charge in [0, 0.05) is 12.1 Å². The summed E-state index contributed by atoms with van der Waals surface area (Å²) in [6.07, 6.45) is 6.64. The number of nitrogens with one attached hydrogen (secondary N) is 1. The standard InChI is InChI=1S/C13H13NO/c15-13-12(9-10-14-13)8-4-7-11-5-2-1-3-6-11/h1-8H,9-10H2,(H,14,15)/b7-4+,12-8-. The Labute approximate surface area is 89.3 Å². The van der Waals surface area contributed by atoms with Crippen molar-refractivity contribution in [1.82, 2.24) is 5.32 Å². The zero-order valence-electron chi connectivity index (χ0n) is 8.44. The lowest BCUT2D eigenvalue weighted by Gasteiger charge is -1.90. The first kappa shape index (κ1) is 9.71. The van der Waals surface area contributed by atoms with Crippen molar-refractivity contribution in [3.05, 3.63) is 53.6 Å². The molecule has 0 aromatic heterocycles. The summed E-state index contributed by atoms with van der Waals surface area (Å²) in [5.74, 6) is 0.0627. The fourth-order valence-corrected chi connectivity index (χ4v) is 1.54. The molecule has 1 saturated heterocycles. The third-order valence-corrected chi connectivity index (χ3v) is 2.36. The van der Waals surface area contributed by atoms with Crippen molar-refractivity contribution >= 4 is 12.0 Å². The maximum atomic E-state index is 11.2. The SMILES string of the molecule is O=C1NCC/C1=C/C=C/c1ccccc1. The number of hydrogen-bond donors (Lipinski definition) is 1. The van der Waals surface area contributed by atoms with Crippen LogP contribution < -0.4 is 5.32 Å². The monoisotopic (exact) mass is 199 g/mol. The first-order valence-corrected chi connectivity index (χ1v) is 5.07. The first-order valence-electron chi connectivity index (χ1n) is 5.07. The van der Waals surface area contributed by atoms with Crippen molar-refractivity contribution in [2.75, 3.05) is 6.54 Å². The number of allylic oxidation sites excluding steroid dienone is 2. The van der Waals surface area contributed by atoms with E-state index in [1.54, 1.807) is 0 Å². The molecule has 0 radical (unpaired) electrons. The Bertz CT molecular complexity index is 404. The van der Waals surface area contributed by atoms with Crippen molar-refractivity contribution in [3.8, 4) is 0 Å². The molecule has 1 heterocycles. The van der Waals surface area contributed by atoms with Gasteiger partial charge in [-0.2, -0.15) is 0 Å². The number of benzene rings is 1. The Hall–Kier alpha value is -1.83. The zero-order valence-corrected chi connectivity index (χ0v) is 8.44. The second kappa shape index (κ2) is 4.60. The summed E-state index contributed by atoms with van der Waals surface area (Å²) in [5, 5.41) is 2.78. The van der Waals surface area contributed by atoms with Crippen molar-refractivity contribution in [1.29, 1.82) is 0 Å². The van der Waals surface area contributed by atoms with Gasteiger partial charge in [0.25, 0.3) is 0 Å². The summed E-state index contributed by atoms with van der Waals surface area (Å²) in [5.41, 5.74) is 2.01. The summed E-state index contributed by atoms with van der Waals surface area (Å²) in [6, 6.07) is 10.0. The minimum atomic E-state index is 0.0627. The lowest BCUT2D eigenvalue weighted by molar-refractivity contribution is -0.116. The molecule has 1 aromatic rings. The number of hydrogen-bond acceptors (Lipinski definition) is 1. The molecule has 2 heteroatoms. The maximum Gasteiger partial charge on any atom is 0.247 e. The summed E-state index contributed by atoms with van der Waals surface area (Å²) in [6.45, 7) is 0.768. The molecule has 1 N–H and O–H groups in total. The minimum Gasteiger partial charge on any atom is -0.352 e. The van der Waals surface area contributed by atoms with Crippen LogP contribution in [0.1, 0.15) is 12.0 Å². The minimum absolute atomic E-state index is 0.0627. The number of carbonyl (C=O) groups excluding carboxylic acids is 1. The zero-order chi connectivity index (χ0) is 10.5. The second-order valence-electron chi connectivity index (χ2n) is 3.47. The van der Waals surface area contributed by atoms with Gasteiger partial charge >= 0.3 is 0 Å². The van der Waals surface area contributed by atoms with Gasteiger partial charge in [0.2, 0.25) is 5.91 Å². The molecular weight excluding hydrogens is 186 g/mol. The van der Waals surface area contributed by atoms with E-state index < -0.39 is 0 Å². The third-order valence-electron chi connectivity index (χ3n) is 2.36. The van der Waals surface area contributed by atoms with Gasteiger partial charge in [0.1, 0.15) is 0 Å². The van der Waals surface area contributed by atoms with Crippen LogP contribution in [0.5, 0.6) is 0 Å². The molecule has 0 spiro atoms. The van der Waals surface area contributed by atoms with Crippen LogP contribution in [0.15, 0.2) is 48.1 Å². The van der Waals surface area contributed by atoms with Crippen molar-refractivity contribution in [2.24, 2.45) is 0 Å². The largest absolute Gasteiger partial charge is 0.352 e. The number of carbonyl (C=O) groups is 1. The quantitative estimate of drug-likeness (QED) is 0.726. The van der Waals surface area contributed by atoms with Crippen LogP contribution in [0.2, 0.25) is 0 Å². The van der Waals surface area contributed by atoms with Crippen LogP contribution in [0.4, 0.5) is 0 Å². The van der Waals surface area contributed by atoms with Gasteiger partial charge in [-0.1, -0.05) is 48.6 Å². The Kier molecular flexibility index (Phi) is 2.98. The number of rotatable bonds is 2. The molecule has 2 nitrogen and oxygen atoms in total. The molecule has 0 saturated carbocycles. The van der Waals surface area contributed by atoms with Gasteiger partial charge in [-0.15, -0.1) is 0 Å². The molecule has 0 aliphatic carbocycles. The van der Waals surface area contributed by atoms with E-state index >= 15 is 0 Å². The molecule has 0 atom stereocenters. The van der Waals surface area contributed by atoms with Crippen LogP contribution in [0, 0.1) is 0 Å². The van der Waals surface area contributed by atoms with Crippen LogP contribution >= 0.6 is 0 Å². The van der Waals surface area contributed by atoms with E-state index in [1.807, 2.05) is 48.6 Å². The molecule has 15 heavy (non-hydrogen) atoms. The van der Waals surface area contributed by atoms with Gasteiger partial charge in [-0.3, -0.25) is 4.79 Å². The van der Waals surface area contributed by atoms with E-state index in [0.717, 1.165) is 24.1 Å². The van der Waals surface area contributed by atoms with E-state index in [4.69, 9.17) is 0 Å². The van der Waals surface area contributed by atoms with Gasteiger partial charge in [0.15, 0.2) is 0 Å². The van der Waals surface area contributed by atoms with Crippen LogP contribution in [-0.2, 0) is 4.79 Å². The molecule has 2 rings (SSSR count). The van der Waals surface area contributed by atoms with Gasteiger partial charge in [-0.05, 0) is 12.0 Å². The van der Waals surface area contributed by atoms with Crippen molar-refractivity contribution < 1.29 is 4.79 Å². The van der Waals surface area contributed by atoms with Gasteiger partial charge < -0.3 is 5.32 Å². The number of amides is 1. The normalized spacial score (nSPS) is 18.7. The highest BCUT2D eigenvalue weighted by Gasteiger charge is 2.14. The Balaban J connectivity index is 2.04. The van der Waals surface area contributed by atoms with E-state index in [1.165, 1.54) is 0 Å². The van der Waals surface area contributed by atoms with Gasteiger partial charge in [0.05, 0.1) is 0 Å². The lowest BCUT2D eigenvalue weighted by atomic mass is 10.2. The average Bonchev–Trinajstić information content (AvgIpc) is 2.66. The van der Waals surface area contributed by atoms with Crippen LogP contribution in [0.25, 0.3) is 6.08 Å². The average molecular weight is 199 g/mol. The van der Waals surface area contributed by atoms with Gasteiger partial charge in [-0.25, -0.2) is 0 Å². The first-order chi connectivity index (χ1) is 7.36. The molecule has 1 aliphatic rings. The fraction of sp³-hybridized carbons (Fsp3) is 0.154. The lowest BCUT2D eigenvalue weighted by Crippen LogP contribution is -2.13. The summed E-state index contributed by atoms with van der Waals surface area (Å²) >= 11 is 0. The van der Waals surface area contributed by atoms with Crippen molar-refractivity contribution in [3.63, 3.8) is 0 Å². The topological polar surface area (TPSA) is 29.1 Å². The van der Waals surface area contributed by atoms with E-state index in [-0.39, 0.29) is 5.91 Å². The summed E-state index contributed by atoms with van der Waals surface area (Å²) in [4.78, 5) is 11.2. The van der Waals surface area contributed by atoms with Crippen LogP contribution in [-0.4, -0.2) is 12.5 Å². The fourth-order valence-electron chi connectivity index (χ4n) is 1.54. The second-order valence-corrected chi connectivity index (χ2v) is 3.47. The van der Waals surface area contributed by atoms with E-state index in [9.17, 15) is 4.79 Å². The van der Waals surface area contributed by atoms with E-state index in [0.29, 0.717) is 0 Å². The summed E-state index contributed by atoms with van der Waals surface area (Å²) in [7, 11) is 0. The third kappa shape index (κ3) is 2.56. The molecule has 1 fully saturated rings. The maximum absolute atomic E-state index is 11.2. The smallest absolute Gasteiger partial charge is 0.247 e. The predicted octanol–water partition coefficient (Wildman–Crippen LogP) is 2.15. The molecule has 1 aromatic carbocycles.